The van der Waals surface area contributed by atoms with E-state index in [1.165, 1.54) is 0 Å². The molecule has 16 N–H and O–H groups in total. The molecule has 0 amide bonds. The molecule has 2 fully saturated rings. The van der Waals surface area contributed by atoms with E-state index in [0.29, 0.717) is 12.1 Å². The number of hydrogen-bond acceptors (Lipinski definition) is 26. The Morgan fingerprint density at radius 2 is 0.836 bits per heavy atom. The van der Waals surface area contributed by atoms with E-state index in [4.69, 9.17) is 26.5 Å². The Hall–Kier alpha value is -7.37. The van der Waals surface area contributed by atoms with E-state index < -0.39 is 250 Å². The molecule has 0 unspecified atom stereocenters. The van der Waals surface area contributed by atoms with E-state index in [1.807, 2.05) is 0 Å². The van der Waals surface area contributed by atoms with Crippen molar-refractivity contribution >= 4 is 51.0 Å². The molecule has 0 saturated carbocycles. The first-order valence-electron chi connectivity index (χ1n) is 21.0. The molecule has 0 bridgehead atoms. The van der Waals surface area contributed by atoms with Crippen molar-refractivity contribution < 1.29 is 137 Å². The van der Waals surface area contributed by atoms with E-state index in [9.17, 15) is 110 Å². The molecule has 1 radical (unpaired) electrons. The molecule has 4 aromatic carbocycles. The molecule has 2 aliphatic heterocycles. The smallest absolute Gasteiger partial charge is 0.613 e. The summed E-state index contributed by atoms with van der Waals surface area (Å²) in [5, 5.41) is 170. The molecule has 2 aliphatic carbocycles. The number of phenolic OH excluding ortho intramolecular Hbond substituents is 4. The van der Waals surface area contributed by atoms with Gasteiger partial charge in [-0.1, -0.05) is 0 Å². The van der Waals surface area contributed by atoms with E-state index >= 15 is 0 Å². The molecule has 0 spiro atoms. The number of carbonyl (C=O) groups is 6. The quantitative estimate of drug-likeness (QED) is 0.0538. The lowest BCUT2D eigenvalue weighted by atomic mass is 9.79. The van der Waals surface area contributed by atoms with Crippen molar-refractivity contribution in [3.63, 3.8) is 0 Å². The van der Waals surface area contributed by atoms with E-state index in [-0.39, 0.29) is 0 Å². The molecule has 28 nitrogen and oxygen atoms in total. The highest BCUT2D eigenvalue weighted by Crippen LogP contribution is 2.55. The van der Waals surface area contributed by atoms with Gasteiger partial charge >= 0.3 is 27.8 Å². The summed E-state index contributed by atoms with van der Waals surface area (Å²) in [5.74, 6) is -22.0. The number of aliphatic hydroxyl groups is 8. The molecule has 0 aromatic heterocycles. The van der Waals surface area contributed by atoms with Crippen LogP contribution in [0.1, 0.15) is 95.5 Å². The lowest BCUT2D eigenvalue weighted by Gasteiger charge is -2.39. The van der Waals surface area contributed by atoms with Gasteiger partial charge in [0.05, 0.1) is 35.5 Å². The molecule has 10 atom stereocenters. The number of carboxylic acids is 2. The Morgan fingerprint density at radius 3 is 1.15 bits per heavy atom. The number of aliphatic hydroxyl groups excluding tert-OH is 8. The Balaban J connectivity index is 1.29. The van der Waals surface area contributed by atoms with Crippen LogP contribution in [0.15, 0.2) is 12.1 Å². The van der Waals surface area contributed by atoms with Crippen molar-refractivity contribution in [2.45, 2.75) is 75.3 Å². The molecule has 4 aliphatic rings. The minimum Gasteiger partial charge on any atom is -0.613 e. The van der Waals surface area contributed by atoms with Crippen molar-refractivity contribution in [2.75, 3.05) is 13.2 Å². The number of hydrogen-bond donors (Lipinski definition) is 16. The number of ether oxygens (including phenoxy) is 4. The van der Waals surface area contributed by atoms with Gasteiger partial charge in [0.1, 0.15) is 83.0 Å². The molecule has 8 rings (SSSR count). The molecule has 29 heteroatoms. The second-order valence-electron chi connectivity index (χ2n) is 16.7. The third-order valence-electron chi connectivity index (χ3n) is 12.6. The van der Waals surface area contributed by atoms with Crippen LogP contribution in [0.2, 0.25) is 0 Å². The summed E-state index contributed by atoms with van der Waals surface area (Å²) in [6.45, 7) is 0.0112. The first kappa shape index (κ1) is 52.0. The number of aromatic carboxylic acids is 2. The fraction of sp³-hybridized carbons (Fsp3) is 0.318. The van der Waals surface area contributed by atoms with Crippen molar-refractivity contribution in [1.29, 1.82) is 0 Å². The fourth-order valence-corrected chi connectivity index (χ4v) is 9.67. The van der Waals surface area contributed by atoms with E-state index in [2.05, 4.69) is 0 Å². The zero-order chi connectivity index (χ0) is 53.7. The molecule has 4 aromatic rings. The van der Waals surface area contributed by atoms with E-state index in [1.54, 1.807) is 0 Å². The van der Waals surface area contributed by atoms with Gasteiger partial charge in [0.15, 0.2) is 34.6 Å². The van der Waals surface area contributed by atoms with Gasteiger partial charge in [-0.3, -0.25) is 19.2 Å². The number of rotatable bonds is 12. The van der Waals surface area contributed by atoms with Crippen LogP contribution in [0.5, 0.6) is 57.5 Å². The van der Waals surface area contributed by atoms with Gasteiger partial charge in [0, 0.05) is 22.3 Å². The van der Waals surface area contributed by atoms with Crippen LogP contribution in [-0.4, -0.2) is 207 Å². The van der Waals surface area contributed by atoms with Gasteiger partial charge in [0.2, 0.25) is 35.6 Å². The van der Waals surface area contributed by atoms with Crippen LogP contribution in [-0.2, 0) is 9.47 Å². The monoisotopic (exact) mass is 1040 g/mol. The molecule has 73 heavy (non-hydrogen) atoms. The van der Waals surface area contributed by atoms with Gasteiger partial charge in [-0.15, -0.1) is 0 Å². The second kappa shape index (κ2) is 18.9. The van der Waals surface area contributed by atoms with E-state index in [0.717, 1.165) is 13.8 Å². The van der Waals surface area contributed by atoms with Gasteiger partial charge in [-0.25, -0.2) is 9.59 Å². The number of ketones is 4. The predicted molar refractivity (Wildman–Crippen MR) is 229 cm³/mol. The minimum atomic E-state index is -2.62. The van der Waals surface area contributed by atoms with Crippen LogP contribution in [0.25, 0.3) is 0 Å². The summed E-state index contributed by atoms with van der Waals surface area (Å²) < 4.78 is 33.1. The van der Waals surface area contributed by atoms with Crippen molar-refractivity contribution in [2.24, 2.45) is 0 Å². The molecule has 2 saturated heterocycles. The standard InChI is InChI=1S/2C22H20O14.Al/c2*1-4-8-5(2-6(24)9(4)21(33)34)12(25)10-11(14(8)27)16(29)20(18(31)15(10)28)36-22-19(32)17(30)13(26)7(3-23)35-22;/h2*2,7,13,17,19,22-24,26,28-32H,3H2,1H3,(H,33,34);/q;;+2/p-2/t2*7-,13-,17+,19-,22-;/m11./s1. The van der Waals surface area contributed by atoms with Crippen LogP contribution < -0.4 is 17.1 Å². The summed E-state index contributed by atoms with van der Waals surface area (Å²) >= 11 is -2.62. The summed E-state index contributed by atoms with van der Waals surface area (Å²) in [7, 11) is 0. The molecule has 385 valence electrons. The van der Waals surface area contributed by atoms with Crippen molar-refractivity contribution in [3.8, 4) is 57.5 Å². The van der Waals surface area contributed by atoms with Crippen LogP contribution in [0.3, 0.4) is 0 Å². The maximum absolute atomic E-state index is 14.4. The fourth-order valence-electron chi connectivity index (χ4n) is 8.97. The zero-order valence-corrected chi connectivity index (χ0v) is 38.1. The van der Waals surface area contributed by atoms with Crippen LogP contribution in [0.4, 0.5) is 0 Å². The van der Waals surface area contributed by atoms with Gasteiger partial charge in [-0.05, 0) is 37.1 Å². The Morgan fingerprint density at radius 1 is 0.493 bits per heavy atom. The average Bonchev–Trinajstić information content (AvgIpc) is 3.32. The SMILES string of the molecule is Cc1c(C(=O)O)c(O)cc2c1C(=O)c1c(O)c(O[C@H]3O[C@H](CO)[C@@H](O)[C@H](O)[C@H]3O)c(O)c([O][Al][O]c3c(O)c(O[C@H]4O[C@H](CO)[C@@H](O)[C@H](O)[C@H]4O)c(O)c4c3C(=O)c3cc(O)c(C(=O)O)c(C)c3C4=O)c1C2=O. The predicted octanol–water partition coefficient (Wildman–Crippen LogP) is -3.17. The second-order valence-corrected chi connectivity index (χ2v) is 17.4. The lowest BCUT2D eigenvalue weighted by Crippen LogP contribution is -2.60. The molecule has 2 heterocycles. The first-order chi connectivity index (χ1) is 34.3. The molecular weight excluding hydrogens is 1000 g/mol. The summed E-state index contributed by atoms with van der Waals surface area (Å²) in [6, 6.07) is 1.15. The highest BCUT2D eigenvalue weighted by atomic mass is 27.2. The third kappa shape index (κ3) is 7.95. The van der Waals surface area contributed by atoms with Gasteiger partial charge < -0.3 is 108 Å². The Bertz CT molecular complexity index is 2890. The normalized spacial score (nSPS) is 25.2. The zero-order valence-electron chi connectivity index (χ0n) is 37.0. The van der Waals surface area contributed by atoms with Crippen molar-refractivity contribution in [3.05, 3.63) is 78.9 Å². The average molecular weight is 1040 g/mol. The maximum Gasteiger partial charge on any atom is 0.882 e. The minimum absolute atomic E-state index is 0.510. The Labute approximate surface area is 411 Å². The highest BCUT2D eigenvalue weighted by molar-refractivity contribution is 6.34. The number of carbonyl (C=O) groups excluding carboxylic acids is 4. The maximum atomic E-state index is 14.4. The molecular formula is C44H38AlO28. The number of phenols is 6. The number of fused-ring (bicyclic) bond motifs is 4. The number of benzene rings is 4. The van der Waals surface area contributed by atoms with Gasteiger partial charge in [0.25, 0.3) is 0 Å². The highest BCUT2D eigenvalue weighted by Gasteiger charge is 2.50. The lowest BCUT2D eigenvalue weighted by molar-refractivity contribution is -0.277. The van der Waals surface area contributed by atoms with Crippen LogP contribution >= 0.6 is 0 Å². The summed E-state index contributed by atoms with van der Waals surface area (Å²) in [5.41, 5.74) is -10.0. The largest absolute Gasteiger partial charge is 0.882 e. The summed E-state index contributed by atoms with van der Waals surface area (Å²) in [4.78, 5) is 81.9. The van der Waals surface area contributed by atoms with Gasteiger partial charge in [-0.2, -0.15) is 0 Å². The van der Waals surface area contributed by atoms with Crippen molar-refractivity contribution in [1.82, 2.24) is 0 Å². The van der Waals surface area contributed by atoms with Crippen LogP contribution in [0, 0.1) is 13.8 Å². The number of carboxylic acid groups (broad SMARTS) is 2. The number of aromatic hydroxyl groups is 6. The first-order valence-corrected chi connectivity index (χ1v) is 22.0. The summed E-state index contributed by atoms with van der Waals surface area (Å²) in [6.07, 6.45) is -20.6. The topological polar surface area (TPSA) is 481 Å². The third-order valence-corrected chi connectivity index (χ3v) is 13.3. The Kier molecular flexibility index (Phi) is 13.5.